The van der Waals surface area contributed by atoms with E-state index in [1.165, 1.54) is 5.69 Å². The molecule has 9 nitrogen and oxygen atoms in total. The SMILES string of the molecule is CNc1ccc(N2Cc3cccc(-c4nn(C5CCOCC5)c5c4CN(C(C)=O)CC5)c3CC2=O)cn1. The molecule has 9 heteroatoms. The maximum absolute atomic E-state index is 13.4. The Morgan fingerprint density at radius 3 is 2.68 bits per heavy atom. The molecule has 192 valence electrons. The van der Waals surface area contributed by atoms with Gasteiger partial charge in [0.2, 0.25) is 11.8 Å². The van der Waals surface area contributed by atoms with E-state index in [-0.39, 0.29) is 11.8 Å². The lowest BCUT2D eigenvalue weighted by Gasteiger charge is -2.30. The van der Waals surface area contributed by atoms with Crippen molar-refractivity contribution in [2.45, 2.75) is 51.7 Å². The Bertz CT molecular complexity index is 1340. The molecule has 0 unspecified atom stereocenters. The van der Waals surface area contributed by atoms with Crippen LogP contribution in [0.1, 0.15) is 48.2 Å². The van der Waals surface area contributed by atoms with Crippen LogP contribution >= 0.6 is 0 Å². The minimum Gasteiger partial charge on any atom is -0.381 e. The highest BCUT2D eigenvalue weighted by Gasteiger charge is 2.33. The van der Waals surface area contributed by atoms with Gasteiger partial charge in [-0.3, -0.25) is 14.3 Å². The third-order valence-electron chi connectivity index (χ3n) is 7.87. The number of carbonyl (C=O) groups is 2. The van der Waals surface area contributed by atoms with E-state index in [0.29, 0.717) is 32.1 Å². The van der Waals surface area contributed by atoms with Crippen LogP contribution in [0.2, 0.25) is 0 Å². The van der Waals surface area contributed by atoms with E-state index in [0.717, 1.165) is 71.9 Å². The molecule has 1 aromatic carbocycles. The van der Waals surface area contributed by atoms with E-state index in [1.807, 2.05) is 24.1 Å². The van der Waals surface area contributed by atoms with Crippen LogP contribution in [-0.4, -0.2) is 58.3 Å². The molecule has 1 saturated heterocycles. The molecule has 1 fully saturated rings. The summed E-state index contributed by atoms with van der Waals surface area (Å²) in [5.74, 6) is 0.886. The molecule has 1 N–H and O–H groups in total. The highest BCUT2D eigenvalue weighted by Crippen LogP contribution is 2.38. The molecule has 0 radical (unpaired) electrons. The molecule has 3 aromatic rings. The number of carbonyl (C=O) groups excluding carboxylic acids is 2. The van der Waals surface area contributed by atoms with Gasteiger partial charge in [0.05, 0.1) is 36.6 Å². The second kappa shape index (κ2) is 9.63. The fourth-order valence-electron chi connectivity index (χ4n) is 5.81. The zero-order chi connectivity index (χ0) is 25.5. The van der Waals surface area contributed by atoms with Gasteiger partial charge in [0.25, 0.3) is 0 Å². The van der Waals surface area contributed by atoms with Crippen LogP contribution in [-0.2, 0) is 40.3 Å². The Balaban J connectivity index is 1.40. The number of rotatable bonds is 4. The van der Waals surface area contributed by atoms with E-state index in [9.17, 15) is 9.59 Å². The van der Waals surface area contributed by atoms with Crippen LogP contribution in [0.25, 0.3) is 11.3 Å². The first-order valence-corrected chi connectivity index (χ1v) is 13.0. The van der Waals surface area contributed by atoms with Gasteiger partial charge in [0.15, 0.2) is 0 Å². The van der Waals surface area contributed by atoms with Gasteiger partial charge in [-0.1, -0.05) is 18.2 Å². The molecule has 6 rings (SSSR count). The van der Waals surface area contributed by atoms with Gasteiger partial charge in [0, 0.05) is 63.5 Å². The summed E-state index contributed by atoms with van der Waals surface area (Å²) < 4.78 is 7.81. The van der Waals surface area contributed by atoms with Gasteiger partial charge in [-0.2, -0.15) is 5.10 Å². The van der Waals surface area contributed by atoms with Crippen LogP contribution in [0.4, 0.5) is 11.5 Å². The fraction of sp³-hybridized carbons (Fsp3) is 0.429. The Morgan fingerprint density at radius 1 is 1.11 bits per heavy atom. The second-order valence-electron chi connectivity index (χ2n) is 10.0. The Morgan fingerprint density at radius 2 is 1.95 bits per heavy atom. The van der Waals surface area contributed by atoms with Crippen molar-refractivity contribution in [2.24, 2.45) is 0 Å². The summed E-state index contributed by atoms with van der Waals surface area (Å²) in [4.78, 5) is 33.7. The van der Waals surface area contributed by atoms with Crippen molar-refractivity contribution in [1.29, 1.82) is 0 Å². The summed E-state index contributed by atoms with van der Waals surface area (Å²) >= 11 is 0. The number of pyridine rings is 1. The van der Waals surface area contributed by atoms with Crippen LogP contribution in [0, 0.1) is 0 Å². The van der Waals surface area contributed by atoms with Crippen molar-refractivity contribution in [3.8, 4) is 11.3 Å². The maximum atomic E-state index is 13.4. The predicted molar refractivity (Wildman–Crippen MR) is 140 cm³/mol. The average Bonchev–Trinajstić information content (AvgIpc) is 3.31. The van der Waals surface area contributed by atoms with Crippen molar-refractivity contribution in [2.75, 3.05) is 37.0 Å². The monoisotopic (exact) mass is 500 g/mol. The zero-order valence-electron chi connectivity index (χ0n) is 21.4. The first-order chi connectivity index (χ1) is 18.0. The molecule has 3 aliphatic heterocycles. The second-order valence-corrected chi connectivity index (χ2v) is 10.0. The van der Waals surface area contributed by atoms with Gasteiger partial charge < -0.3 is 19.9 Å². The predicted octanol–water partition coefficient (Wildman–Crippen LogP) is 3.33. The summed E-state index contributed by atoms with van der Waals surface area (Å²) in [6.07, 6.45) is 4.70. The van der Waals surface area contributed by atoms with Crippen LogP contribution in [0.3, 0.4) is 0 Å². The fourth-order valence-corrected chi connectivity index (χ4v) is 5.81. The van der Waals surface area contributed by atoms with Gasteiger partial charge in [-0.25, -0.2) is 4.98 Å². The van der Waals surface area contributed by atoms with Gasteiger partial charge in [-0.05, 0) is 36.1 Å². The molecule has 0 bridgehead atoms. The van der Waals surface area contributed by atoms with Crippen molar-refractivity contribution in [3.05, 3.63) is 58.9 Å². The van der Waals surface area contributed by atoms with Crippen molar-refractivity contribution < 1.29 is 14.3 Å². The highest BCUT2D eigenvalue weighted by molar-refractivity contribution is 5.97. The van der Waals surface area contributed by atoms with Crippen molar-refractivity contribution >= 4 is 23.3 Å². The lowest BCUT2D eigenvalue weighted by atomic mass is 9.90. The minimum absolute atomic E-state index is 0.0436. The molecule has 2 amide bonds. The number of hydrogen-bond acceptors (Lipinski definition) is 6. The molecule has 0 aliphatic carbocycles. The molecule has 0 spiro atoms. The van der Waals surface area contributed by atoms with E-state index < -0.39 is 0 Å². The number of nitrogens with zero attached hydrogens (tertiary/aromatic N) is 5. The molecule has 0 saturated carbocycles. The van der Waals surface area contributed by atoms with Gasteiger partial charge >= 0.3 is 0 Å². The number of hydrogen-bond donors (Lipinski definition) is 1. The Kier molecular flexibility index (Phi) is 6.16. The normalized spacial score (nSPS) is 17.9. The lowest BCUT2D eigenvalue weighted by molar-refractivity contribution is -0.129. The summed E-state index contributed by atoms with van der Waals surface area (Å²) in [6.45, 7) is 4.86. The van der Waals surface area contributed by atoms with E-state index in [1.54, 1.807) is 18.0 Å². The number of aromatic nitrogens is 3. The molecule has 37 heavy (non-hydrogen) atoms. The molecule has 2 aromatic heterocycles. The van der Waals surface area contributed by atoms with E-state index in [2.05, 4.69) is 33.2 Å². The largest absolute Gasteiger partial charge is 0.381 e. The van der Waals surface area contributed by atoms with Crippen LogP contribution in [0.5, 0.6) is 0 Å². The van der Waals surface area contributed by atoms with E-state index >= 15 is 0 Å². The van der Waals surface area contributed by atoms with Gasteiger partial charge in [0.1, 0.15) is 5.82 Å². The summed E-state index contributed by atoms with van der Waals surface area (Å²) in [5, 5.41) is 8.21. The number of fused-ring (bicyclic) bond motifs is 2. The first kappa shape index (κ1) is 23.7. The Hall–Kier alpha value is -3.72. The minimum atomic E-state index is 0.0436. The topological polar surface area (TPSA) is 92.6 Å². The third-order valence-corrected chi connectivity index (χ3v) is 7.87. The summed E-state index contributed by atoms with van der Waals surface area (Å²) in [7, 11) is 1.82. The highest BCUT2D eigenvalue weighted by atomic mass is 16.5. The smallest absolute Gasteiger partial charge is 0.231 e. The number of nitrogens with one attached hydrogen (secondary N) is 1. The molecule has 5 heterocycles. The Labute approximate surface area is 216 Å². The number of anilines is 2. The standard InChI is InChI=1S/C28H32N6O3/c1-18(35)32-11-8-25-24(17-32)28(31-34(25)20-9-12-37-13-10-20)22-5-3-4-19-16-33(27(36)14-23(19)22)21-6-7-26(29-2)30-15-21/h3-7,15,20H,8-14,16-17H2,1-2H3,(H,29,30). The molecular weight excluding hydrogens is 468 g/mol. The van der Waals surface area contributed by atoms with Gasteiger partial charge in [-0.15, -0.1) is 0 Å². The van der Waals surface area contributed by atoms with E-state index in [4.69, 9.17) is 9.84 Å². The zero-order valence-corrected chi connectivity index (χ0v) is 21.4. The number of ether oxygens (including phenoxy) is 1. The number of amides is 2. The number of benzene rings is 1. The van der Waals surface area contributed by atoms with Crippen LogP contribution < -0.4 is 10.2 Å². The van der Waals surface area contributed by atoms with Crippen molar-refractivity contribution in [1.82, 2.24) is 19.7 Å². The maximum Gasteiger partial charge on any atom is 0.231 e. The van der Waals surface area contributed by atoms with Crippen LogP contribution in [0.15, 0.2) is 36.5 Å². The molecule has 0 atom stereocenters. The third kappa shape index (κ3) is 4.27. The average molecular weight is 501 g/mol. The first-order valence-electron chi connectivity index (χ1n) is 13.0. The molecule has 3 aliphatic rings. The molecular formula is C28H32N6O3. The summed E-state index contributed by atoms with van der Waals surface area (Å²) in [5.41, 5.74) is 7.18. The lowest BCUT2D eigenvalue weighted by Crippen LogP contribution is -2.36. The summed E-state index contributed by atoms with van der Waals surface area (Å²) in [6, 6.07) is 10.3. The van der Waals surface area contributed by atoms with Crippen molar-refractivity contribution in [3.63, 3.8) is 0 Å². The quantitative estimate of drug-likeness (QED) is 0.591.